The first-order valence-electron chi connectivity index (χ1n) is 11.2. The van der Waals surface area contributed by atoms with Gasteiger partial charge in [-0.05, 0) is 55.8 Å². The molecule has 4 rings (SSSR count). The van der Waals surface area contributed by atoms with Gasteiger partial charge in [-0.25, -0.2) is 13.8 Å². The van der Waals surface area contributed by atoms with Crippen LogP contribution in [0.1, 0.15) is 21.6 Å². The van der Waals surface area contributed by atoms with Crippen LogP contribution in [0.5, 0.6) is 11.5 Å². The van der Waals surface area contributed by atoms with Crippen LogP contribution in [0, 0.1) is 25.5 Å². The van der Waals surface area contributed by atoms with Crippen LogP contribution in [0.15, 0.2) is 53.3 Å². The Bertz CT molecular complexity index is 1540. The number of carbonyl (C=O) groups excluding carboxylic acids is 1. The molecule has 0 fully saturated rings. The number of rotatable bonds is 7. The fraction of sp³-hybridized carbons (Fsp3) is 0.192. The summed E-state index contributed by atoms with van der Waals surface area (Å²) in [6.07, 6.45) is 0. The standard InChI is InChI=1S/C26H22F4N4O4/c1-13-9-14(2)31-20(10-13)34-25(36)22(32-24(35)15-5-7-16(8-6-15)38-26(29)30)23(33(34)3)21-18(27)11-17(37-4)12-19(21)28/h5-12,26H,1-4H3,(H,32,35). The van der Waals surface area contributed by atoms with Crippen molar-refractivity contribution in [3.8, 4) is 28.6 Å². The summed E-state index contributed by atoms with van der Waals surface area (Å²) in [5, 5.41) is 2.42. The maximum Gasteiger partial charge on any atom is 0.387 e. The molecule has 0 saturated carbocycles. The smallest absolute Gasteiger partial charge is 0.387 e. The minimum Gasteiger partial charge on any atom is -0.497 e. The molecule has 0 aliphatic heterocycles. The van der Waals surface area contributed by atoms with Crippen molar-refractivity contribution in [3.05, 3.63) is 87.3 Å². The molecule has 0 bridgehead atoms. The predicted molar refractivity (Wildman–Crippen MR) is 131 cm³/mol. The van der Waals surface area contributed by atoms with Crippen LogP contribution in [0.3, 0.4) is 0 Å². The lowest BCUT2D eigenvalue weighted by molar-refractivity contribution is -0.0498. The summed E-state index contributed by atoms with van der Waals surface area (Å²) in [6, 6.07) is 9.98. The highest BCUT2D eigenvalue weighted by molar-refractivity contribution is 6.06. The van der Waals surface area contributed by atoms with Gasteiger partial charge in [-0.2, -0.15) is 13.5 Å². The lowest BCUT2D eigenvalue weighted by Gasteiger charge is -2.13. The van der Waals surface area contributed by atoms with Crippen LogP contribution in [0.4, 0.5) is 23.2 Å². The number of pyridine rings is 1. The number of nitrogens with zero attached hydrogens (tertiary/aromatic N) is 3. The van der Waals surface area contributed by atoms with E-state index in [1.165, 1.54) is 31.0 Å². The Morgan fingerprint density at radius 3 is 2.18 bits per heavy atom. The summed E-state index contributed by atoms with van der Waals surface area (Å²) >= 11 is 0. The van der Waals surface area contributed by atoms with Gasteiger partial charge < -0.3 is 14.8 Å². The molecule has 1 amide bonds. The molecule has 2 aromatic carbocycles. The number of nitrogens with one attached hydrogen (secondary N) is 1. The van der Waals surface area contributed by atoms with Crippen LogP contribution in [0.25, 0.3) is 17.1 Å². The van der Waals surface area contributed by atoms with Gasteiger partial charge in [0.2, 0.25) is 0 Å². The number of aromatic nitrogens is 3. The van der Waals surface area contributed by atoms with Crippen molar-refractivity contribution < 1.29 is 31.8 Å². The number of aryl methyl sites for hydroxylation is 2. The van der Waals surface area contributed by atoms with Gasteiger partial charge in [-0.15, -0.1) is 0 Å². The second-order valence-electron chi connectivity index (χ2n) is 8.33. The number of halogens is 4. The molecule has 198 valence electrons. The first-order chi connectivity index (χ1) is 18.0. The Morgan fingerprint density at radius 2 is 1.63 bits per heavy atom. The predicted octanol–water partition coefficient (Wildman–Crippen LogP) is 5.00. The van der Waals surface area contributed by atoms with E-state index < -0.39 is 41.0 Å². The van der Waals surface area contributed by atoms with E-state index in [4.69, 9.17) is 4.74 Å². The highest BCUT2D eigenvalue weighted by Crippen LogP contribution is 2.34. The monoisotopic (exact) mass is 530 g/mol. The van der Waals surface area contributed by atoms with E-state index in [0.29, 0.717) is 5.69 Å². The Morgan fingerprint density at radius 1 is 1.00 bits per heavy atom. The third-order valence-corrected chi connectivity index (χ3v) is 5.64. The number of hydrogen-bond donors (Lipinski definition) is 1. The Hall–Kier alpha value is -4.61. The van der Waals surface area contributed by atoms with Crippen LogP contribution in [0.2, 0.25) is 0 Å². The minimum absolute atomic E-state index is 0.0208. The van der Waals surface area contributed by atoms with Crippen molar-refractivity contribution in [1.29, 1.82) is 0 Å². The van der Waals surface area contributed by atoms with Crippen LogP contribution in [-0.2, 0) is 7.05 Å². The molecule has 2 aromatic heterocycles. The number of ether oxygens (including phenoxy) is 2. The molecule has 0 radical (unpaired) electrons. The number of alkyl halides is 2. The zero-order chi connectivity index (χ0) is 27.7. The van der Waals surface area contributed by atoms with Crippen LogP contribution >= 0.6 is 0 Å². The van der Waals surface area contributed by atoms with Gasteiger partial charge in [0.1, 0.15) is 34.5 Å². The van der Waals surface area contributed by atoms with Gasteiger partial charge >= 0.3 is 6.61 Å². The zero-order valence-electron chi connectivity index (χ0n) is 20.7. The molecule has 0 saturated heterocycles. The van der Waals surface area contributed by atoms with E-state index in [9.17, 15) is 18.4 Å². The van der Waals surface area contributed by atoms with E-state index in [1.54, 1.807) is 26.0 Å². The molecule has 0 atom stereocenters. The summed E-state index contributed by atoms with van der Waals surface area (Å²) < 4.78 is 66.7. The molecule has 0 unspecified atom stereocenters. The first-order valence-corrected chi connectivity index (χ1v) is 11.2. The second-order valence-corrected chi connectivity index (χ2v) is 8.33. The average Bonchev–Trinajstić information content (AvgIpc) is 3.07. The Kier molecular flexibility index (Phi) is 7.24. The van der Waals surface area contributed by atoms with Crippen molar-refractivity contribution >= 4 is 11.6 Å². The summed E-state index contributed by atoms with van der Waals surface area (Å²) in [6.45, 7) is 0.464. The summed E-state index contributed by atoms with van der Waals surface area (Å²) in [4.78, 5) is 31.0. The topological polar surface area (TPSA) is 87.4 Å². The van der Waals surface area contributed by atoms with E-state index in [1.807, 2.05) is 0 Å². The van der Waals surface area contributed by atoms with Crippen molar-refractivity contribution in [2.45, 2.75) is 20.5 Å². The Balaban J connectivity index is 1.89. The molecule has 12 heteroatoms. The van der Waals surface area contributed by atoms with E-state index in [2.05, 4.69) is 15.0 Å². The van der Waals surface area contributed by atoms with Gasteiger partial charge in [0.15, 0.2) is 5.82 Å². The molecule has 38 heavy (non-hydrogen) atoms. The summed E-state index contributed by atoms with van der Waals surface area (Å²) in [7, 11) is 2.64. The number of methoxy groups -OCH3 is 1. The van der Waals surface area contributed by atoms with Crippen LogP contribution < -0.4 is 20.3 Å². The molecule has 0 aliphatic rings. The lowest BCUT2D eigenvalue weighted by atomic mass is 10.1. The van der Waals surface area contributed by atoms with E-state index in [-0.39, 0.29) is 28.6 Å². The molecular formula is C26H22F4N4O4. The van der Waals surface area contributed by atoms with Crippen molar-refractivity contribution in [3.63, 3.8) is 0 Å². The molecule has 1 N–H and O–H groups in total. The molecule has 2 heterocycles. The van der Waals surface area contributed by atoms with Gasteiger partial charge in [0, 0.05) is 30.4 Å². The van der Waals surface area contributed by atoms with Gasteiger partial charge in [-0.1, -0.05) is 0 Å². The number of amides is 1. The number of benzene rings is 2. The van der Waals surface area contributed by atoms with E-state index >= 15 is 8.78 Å². The molecule has 0 aliphatic carbocycles. The molecule has 8 nitrogen and oxygen atoms in total. The molecular weight excluding hydrogens is 508 g/mol. The van der Waals surface area contributed by atoms with Crippen molar-refractivity contribution in [2.24, 2.45) is 7.05 Å². The van der Waals surface area contributed by atoms with Crippen molar-refractivity contribution in [2.75, 3.05) is 12.4 Å². The fourth-order valence-corrected chi connectivity index (χ4v) is 4.06. The SMILES string of the molecule is COc1cc(F)c(-c2c(NC(=O)c3ccc(OC(F)F)cc3)c(=O)n(-c3cc(C)cc(C)n3)n2C)c(F)c1. The van der Waals surface area contributed by atoms with Crippen LogP contribution in [-0.4, -0.2) is 34.0 Å². The minimum atomic E-state index is -3.05. The molecule has 0 spiro atoms. The highest BCUT2D eigenvalue weighted by Gasteiger charge is 2.28. The first kappa shape index (κ1) is 26.5. The zero-order valence-corrected chi connectivity index (χ0v) is 20.7. The Labute approximate surface area is 214 Å². The fourth-order valence-electron chi connectivity index (χ4n) is 4.06. The van der Waals surface area contributed by atoms with Gasteiger partial charge in [0.05, 0.1) is 12.7 Å². The normalized spacial score (nSPS) is 11.1. The number of anilines is 1. The number of hydrogen-bond acceptors (Lipinski definition) is 5. The summed E-state index contributed by atoms with van der Waals surface area (Å²) in [5.41, 5.74) is -0.722. The maximum atomic E-state index is 15.2. The van der Waals surface area contributed by atoms with Gasteiger partial charge in [0.25, 0.3) is 11.5 Å². The third-order valence-electron chi connectivity index (χ3n) is 5.64. The van der Waals surface area contributed by atoms with E-state index in [0.717, 1.165) is 34.5 Å². The number of carbonyl (C=O) groups is 1. The highest BCUT2D eigenvalue weighted by atomic mass is 19.3. The average molecular weight is 530 g/mol. The second kappa shape index (κ2) is 10.4. The molecule has 4 aromatic rings. The largest absolute Gasteiger partial charge is 0.497 e. The lowest BCUT2D eigenvalue weighted by Crippen LogP contribution is -2.24. The summed E-state index contributed by atoms with van der Waals surface area (Å²) in [5.74, 6) is -2.99. The van der Waals surface area contributed by atoms with Gasteiger partial charge in [-0.3, -0.25) is 14.3 Å². The third kappa shape index (κ3) is 5.10. The maximum absolute atomic E-state index is 15.2. The van der Waals surface area contributed by atoms with Crippen molar-refractivity contribution in [1.82, 2.24) is 14.3 Å². The quantitative estimate of drug-likeness (QED) is 0.340.